The standard InChI is InChI=1S/C18H18N2O3/c1-12-6-2-3-7-13(12)11-19-17(21)10-16-18(22)20-14-8-4-5-9-15(14)23-16/h2-9,16H,10-11H2,1H3,(H,19,21)(H,20,22). The monoisotopic (exact) mass is 310 g/mol. The summed E-state index contributed by atoms with van der Waals surface area (Å²) in [5.74, 6) is 0.0753. The van der Waals surface area contributed by atoms with Gasteiger partial charge in [0.25, 0.3) is 5.91 Å². The van der Waals surface area contributed by atoms with Crippen molar-refractivity contribution in [3.63, 3.8) is 0 Å². The Kier molecular flexibility index (Phi) is 4.28. The van der Waals surface area contributed by atoms with Gasteiger partial charge in [-0.3, -0.25) is 9.59 Å². The number of ether oxygens (including phenoxy) is 1. The molecule has 5 heteroatoms. The van der Waals surface area contributed by atoms with E-state index >= 15 is 0 Å². The third-order valence-electron chi connectivity index (χ3n) is 3.81. The SMILES string of the molecule is Cc1ccccc1CNC(=O)CC1Oc2ccccc2NC1=O. The van der Waals surface area contributed by atoms with Gasteiger partial charge in [-0.2, -0.15) is 0 Å². The van der Waals surface area contributed by atoms with Crippen LogP contribution in [-0.4, -0.2) is 17.9 Å². The molecule has 1 unspecified atom stereocenters. The minimum atomic E-state index is -0.804. The molecule has 2 aromatic rings. The van der Waals surface area contributed by atoms with Gasteiger partial charge in [-0.15, -0.1) is 0 Å². The fourth-order valence-corrected chi connectivity index (χ4v) is 2.47. The first kappa shape index (κ1) is 15.1. The van der Waals surface area contributed by atoms with Crippen molar-refractivity contribution in [2.45, 2.75) is 26.0 Å². The maximum atomic E-state index is 12.1. The molecule has 0 radical (unpaired) electrons. The summed E-state index contributed by atoms with van der Waals surface area (Å²) in [4.78, 5) is 24.1. The smallest absolute Gasteiger partial charge is 0.266 e. The number of nitrogens with one attached hydrogen (secondary N) is 2. The molecule has 0 spiro atoms. The van der Waals surface area contributed by atoms with Crippen LogP contribution in [0.5, 0.6) is 5.75 Å². The Morgan fingerprint density at radius 3 is 2.74 bits per heavy atom. The highest BCUT2D eigenvalue weighted by Gasteiger charge is 2.29. The van der Waals surface area contributed by atoms with Crippen LogP contribution in [0.2, 0.25) is 0 Å². The molecular weight excluding hydrogens is 292 g/mol. The van der Waals surface area contributed by atoms with Crippen molar-refractivity contribution in [2.75, 3.05) is 5.32 Å². The van der Waals surface area contributed by atoms with Crippen LogP contribution in [-0.2, 0) is 16.1 Å². The van der Waals surface area contributed by atoms with E-state index in [4.69, 9.17) is 4.74 Å². The lowest BCUT2D eigenvalue weighted by Crippen LogP contribution is -2.40. The van der Waals surface area contributed by atoms with Crippen molar-refractivity contribution < 1.29 is 14.3 Å². The Hall–Kier alpha value is -2.82. The molecule has 0 saturated carbocycles. The van der Waals surface area contributed by atoms with E-state index in [1.807, 2.05) is 43.3 Å². The molecule has 3 rings (SSSR count). The van der Waals surface area contributed by atoms with E-state index < -0.39 is 6.10 Å². The predicted octanol–water partition coefficient (Wildman–Crippen LogP) is 2.40. The number of benzene rings is 2. The molecule has 0 aliphatic carbocycles. The van der Waals surface area contributed by atoms with Crippen molar-refractivity contribution in [1.82, 2.24) is 5.32 Å². The Morgan fingerprint density at radius 2 is 1.91 bits per heavy atom. The van der Waals surface area contributed by atoms with E-state index in [0.29, 0.717) is 18.0 Å². The highest BCUT2D eigenvalue weighted by Crippen LogP contribution is 2.29. The first-order valence-electron chi connectivity index (χ1n) is 7.51. The van der Waals surface area contributed by atoms with Crippen LogP contribution in [0.4, 0.5) is 5.69 Å². The average Bonchev–Trinajstić information content (AvgIpc) is 2.55. The summed E-state index contributed by atoms with van der Waals surface area (Å²) in [6.45, 7) is 2.44. The summed E-state index contributed by atoms with van der Waals surface area (Å²) < 4.78 is 5.62. The number of hydrogen-bond acceptors (Lipinski definition) is 3. The molecule has 2 N–H and O–H groups in total. The average molecular weight is 310 g/mol. The molecule has 0 saturated heterocycles. The molecule has 0 bridgehead atoms. The number of hydrogen-bond donors (Lipinski definition) is 2. The normalized spacial score (nSPS) is 16.0. The lowest BCUT2D eigenvalue weighted by atomic mass is 10.1. The minimum absolute atomic E-state index is 0.00789. The Labute approximate surface area is 134 Å². The van der Waals surface area contributed by atoms with Gasteiger partial charge >= 0.3 is 0 Å². The van der Waals surface area contributed by atoms with Crippen molar-refractivity contribution in [2.24, 2.45) is 0 Å². The molecule has 2 amide bonds. The zero-order chi connectivity index (χ0) is 16.2. The molecule has 0 fully saturated rings. The first-order chi connectivity index (χ1) is 11.1. The zero-order valence-corrected chi connectivity index (χ0v) is 12.8. The summed E-state index contributed by atoms with van der Waals surface area (Å²) in [5.41, 5.74) is 2.81. The number of carbonyl (C=O) groups is 2. The third-order valence-corrected chi connectivity index (χ3v) is 3.81. The topological polar surface area (TPSA) is 67.4 Å². The summed E-state index contributed by atoms with van der Waals surface area (Å²) in [6, 6.07) is 15.0. The number of aryl methyl sites for hydroxylation is 1. The molecule has 1 atom stereocenters. The lowest BCUT2D eigenvalue weighted by molar-refractivity contribution is -0.130. The van der Waals surface area contributed by atoms with Gasteiger partial charge in [-0.1, -0.05) is 36.4 Å². The third kappa shape index (κ3) is 3.51. The van der Waals surface area contributed by atoms with Gasteiger partial charge in [0.05, 0.1) is 12.1 Å². The van der Waals surface area contributed by atoms with Crippen LogP contribution in [0, 0.1) is 6.92 Å². The van der Waals surface area contributed by atoms with Gasteiger partial charge in [0.1, 0.15) is 5.75 Å². The van der Waals surface area contributed by atoms with Gasteiger partial charge in [-0.25, -0.2) is 0 Å². The van der Waals surface area contributed by atoms with Gasteiger partial charge in [0, 0.05) is 6.54 Å². The van der Waals surface area contributed by atoms with E-state index in [2.05, 4.69) is 10.6 Å². The van der Waals surface area contributed by atoms with Crippen molar-refractivity contribution in [3.8, 4) is 5.75 Å². The Bertz CT molecular complexity index is 743. The van der Waals surface area contributed by atoms with E-state index in [-0.39, 0.29) is 18.2 Å². The largest absolute Gasteiger partial charge is 0.478 e. The summed E-state index contributed by atoms with van der Waals surface area (Å²) in [7, 11) is 0. The zero-order valence-electron chi connectivity index (χ0n) is 12.8. The predicted molar refractivity (Wildman–Crippen MR) is 87.1 cm³/mol. The lowest BCUT2D eigenvalue weighted by Gasteiger charge is -2.25. The van der Waals surface area contributed by atoms with Crippen LogP contribution >= 0.6 is 0 Å². The molecule has 118 valence electrons. The second kappa shape index (κ2) is 6.52. The van der Waals surface area contributed by atoms with Crippen molar-refractivity contribution in [1.29, 1.82) is 0 Å². The molecule has 1 heterocycles. The maximum Gasteiger partial charge on any atom is 0.266 e. The second-order valence-electron chi connectivity index (χ2n) is 5.50. The Morgan fingerprint density at radius 1 is 1.17 bits per heavy atom. The summed E-state index contributed by atoms with van der Waals surface area (Å²) in [6.07, 6.45) is -0.812. The van der Waals surface area contributed by atoms with E-state index in [1.165, 1.54) is 0 Å². The van der Waals surface area contributed by atoms with Gasteiger partial charge < -0.3 is 15.4 Å². The number of para-hydroxylation sites is 2. The summed E-state index contributed by atoms with van der Waals surface area (Å²) >= 11 is 0. The van der Waals surface area contributed by atoms with E-state index in [0.717, 1.165) is 11.1 Å². The van der Waals surface area contributed by atoms with Gasteiger partial charge in [0.2, 0.25) is 5.91 Å². The van der Waals surface area contributed by atoms with Gasteiger partial charge in [0.15, 0.2) is 6.10 Å². The summed E-state index contributed by atoms with van der Waals surface area (Å²) in [5, 5.41) is 5.59. The Balaban J connectivity index is 1.58. The fourth-order valence-electron chi connectivity index (χ4n) is 2.47. The van der Waals surface area contributed by atoms with Crippen LogP contribution in [0.15, 0.2) is 48.5 Å². The second-order valence-corrected chi connectivity index (χ2v) is 5.50. The molecule has 1 aliphatic heterocycles. The molecule has 0 aromatic heterocycles. The quantitative estimate of drug-likeness (QED) is 0.911. The molecular formula is C18H18N2O3. The first-order valence-corrected chi connectivity index (χ1v) is 7.51. The van der Waals surface area contributed by atoms with Crippen molar-refractivity contribution in [3.05, 3.63) is 59.7 Å². The molecule has 23 heavy (non-hydrogen) atoms. The highest BCUT2D eigenvalue weighted by molar-refractivity contribution is 5.99. The van der Waals surface area contributed by atoms with Crippen LogP contribution < -0.4 is 15.4 Å². The number of rotatable bonds is 4. The van der Waals surface area contributed by atoms with Crippen molar-refractivity contribution >= 4 is 17.5 Å². The number of amides is 2. The number of carbonyl (C=O) groups excluding carboxylic acids is 2. The molecule has 2 aromatic carbocycles. The number of anilines is 1. The van der Waals surface area contributed by atoms with Crippen LogP contribution in [0.25, 0.3) is 0 Å². The van der Waals surface area contributed by atoms with E-state index in [1.54, 1.807) is 12.1 Å². The van der Waals surface area contributed by atoms with Gasteiger partial charge in [-0.05, 0) is 30.2 Å². The fraction of sp³-hybridized carbons (Fsp3) is 0.222. The van der Waals surface area contributed by atoms with Crippen LogP contribution in [0.3, 0.4) is 0 Å². The van der Waals surface area contributed by atoms with E-state index in [9.17, 15) is 9.59 Å². The number of fused-ring (bicyclic) bond motifs is 1. The minimum Gasteiger partial charge on any atom is -0.478 e. The van der Waals surface area contributed by atoms with Crippen LogP contribution in [0.1, 0.15) is 17.5 Å². The molecule has 1 aliphatic rings. The molecule has 5 nitrogen and oxygen atoms in total. The maximum absolute atomic E-state index is 12.1. The highest BCUT2D eigenvalue weighted by atomic mass is 16.5.